The summed E-state index contributed by atoms with van der Waals surface area (Å²) in [4.78, 5) is 40.9. The average molecular weight is 425 g/mol. The highest BCUT2D eigenvalue weighted by Gasteiger charge is 2.49. The highest BCUT2D eigenvalue weighted by atomic mass is 19.1. The van der Waals surface area contributed by atoms with Crippen molar-refractivity contribution in [2.24, 2.45) is 0 Å². The van der Waals surface area contributed by atoms with Gasteiger partial charge in [0, 0.05) is 19.0 Å². The molecule has 162 valence electrons. The second-order valence-corrected chi connectivity index (χ2v) is 8.05. The fraction of sp³-hybridized carbons (Fsp3) is 0.348. The minimum Gasteiger partial charge on any atom is -0.497 e. The number of benzene rings is 2. The Morgan fingerprint density at radius 3 is 2.48 bits per heavy atom. The molecule has 7 nitrogen and oxygen atoms in total. The number of imide groups is 1. The van der Waals surface area contributed by atoms with Gasteiger partial charge in [-0.1, -0.05) is 24.3 Å². The third kappa shape index (κ3) is 3.85. The lowest BCUT2D eigenvalue weighted by molar-refractivity contribution is -0.138. The van der Waals surface area contributed by atoms with Crippen molar-refractivity contribution in [1.29, 1.82) is 0 Å². The van der Waals surface area contributed by atoms with Crippen molar-refractivity contribution < 1.29 is 23.5 Å². The molecule has 2 unspecified atom stereocenters. The molecule has 31 heavy (non-hydrogen) atoms. The first-order valence-electron chi connectivity index (χ1n) is 10.1. The minimum absolute atomic E-state index is 0.197. The molecule has 0 saturated carbocycles. The maximum Gasteiger partial charge on any atom is 0.325 e. The zero-order valence-electron chi connectivity index (χ0n) is 17.4. The van der Waals surface area contributed by atoms with Gasteiger partial charge in [-0.2, -0.15) is 0 Å². The maximum absolute atomic E-state index is 13.2. The van der Waals surface area contributed by atoms with Crippen LogP contribution in [0.3, 0.4) is 0 Å². The van der Waals surface area contributed by atoms with E-state index in [1.165, 1.54) is 24.3 Å². The summed E-state index contributed by atoms with van der Waals surface area (Å²) in [6.07, 6.45) is 0.811. The van der Waals surface area contributed by atoms with E-state index in [4.69, 9.17) is 4.74 Å². The van der Waals surface area contributed by atoms with Gasteiger partial charge < -0.3 is 15.0 Å². The molecule has 0 spiro atoms. The van der Waals surface area contributed by atoms with Gasteiger partial charge >= 0.3 is 6.03 Å². The summed E-state index contributed by atoms with van der Waals surface area (Å²) in [6.45, 7) is 2.33. The number of amides is 4. The second kappa shape index (κ2) is 8.02. The van der Waals surface area contributed by atoms with Crippen LogP contribution in [0.25, 0.3) is 0 Å². The quantitative estimate of drug-likeness (QED) is 0.747. The molecule has 0 aromatic heterocycles. The molecule has 2 aliphatic rings. The van der Waals surface area contributed by atoms with Crippen molar-refractivity contribution >= 4 is 17.8 Å². The molecule has 2 heterocycles. The predicted molar refractivity (Wildman–Crippen MR) is 111 cm³/mol. The first-order valence-corrected chi connectivity index (χ1v) is 10.1. The van der Waals surface area contributed by atoms with Crippen molar-refractivity contribution in [2.45, 2.75) is 24.8 Å². The van der Waals surface area contributed by atoms with Crippen LogP contribution in [0.15, 0.2) is 48.5 Å². The Bertz CT molecular complexity index is 1010. The number of carbonyl (C=O) groups is 3. The Balaban J connectivity index is 1.42. The van der Waals surface area contributed by atoms with Gasteiger partial charge in [-0.15, -0.1) is 0 Å². The lowest BCUT2D eigenvalue weighted by Crippen LogP contribution is -2.44. The van der Waals surface area contributed by atoms with E-state index in [1.807, 2.05) is 24.3 Å². The fourth-order valence-corrected chi connectivity index (χ4v) is 4.19. The number of likely N-dealkylation sites (tertiary alicyclic amines) is 1. The average Bonchev–Trinajstić information content (AvgIpc) is 3.34. The van der Waals surface area contributed by atoms with Gasteiger partial charge in [0.15, 0.2) is 0 Å². The third-order valence-electron chi connectivity index (χ3n) is 6.12. The summed E-state index contributed by atoms with van der Waals surface area (Å²) in [5, 5.41) is 2.64. The van der Waals surface area contributed by atoms with Crippen LogP contribution in [0.5, 0.6) is 5.75 Å². The Kier molecular flexibility index (Phi) is 5.39. The van der Waals surface area contributed by atoms with E-state index in [0.717, 1.165) is 22.6 Å². The molecular formula is C23H24FN3O4. The van der Waals surface area contributed by atoms with E-state index in [2.05, 4.69) is 5.32 Å². The molecule has 0 radical (unpaired) electrons. The first-order chi connectivity index (χ1) is 14.8. The topological polar surface area (TPSA) is 79.0 Å². The molecule has 2 fully saturated rings. The molecular weight excluding hydrogens is 401 g/mol. The SMILES string of the molecule is COc1ccc(C2CCN(C(=O)CN3C(=O)NC(C)(c4ccc(F)cc4)C3=O)C2)cc1. The number of methoxy groups -OCH3 is 1. The Morgan fingerprint density at radius 1 is 1.16 bits per heavy atom. The van der Waals surface area contributed by atoms with Crippen LogP contribution in [0, 0.1) is 5.82 Å². The summed E-state index contributed by atoms with van der Waals surface area (Å²) < 4.78 is 18.4. The number of urea groups is 1. The molecule has 0 aliphatic carbocycles. The number of halogens is 1. The molecule has 0 bridgehead atoms. The van der Waals surface area contributed by atoms with Crippen molar-refractivity contribution in [1.82, 2.24) is 15.1 Å². The number of nitrogens with one attached hydrogen (secondary N) is 1. The van der Waals surface area contributed by atoms with E-state index in [-0.39, 0.29) is 18.4 Å². The predicted octanol–water partition coefficient (Wildman–Crippen LogP) is 2.62. The first kappa shape index (κ1) is 20.8. The highest BCUT2D eigenvalue weighted by molar-refractivity contribution is 6.09. The van der Waals surface area contributed by atoms with E-state index >= 15 is 0 Å². The summed E-state index contributed by atoms with van der Waals surface area (Å²) in [6, 6.07) is 12.5. The van der Waals surface area contributed by atoms with Crippen LogP contribution in [-0.2, 0) is 15.1 Å². The van der Waals surface area contributed by atoms with Gasteiger partial charge in [0.05, 0.1) is 7.11 Å². The lowest BCUT2D eigenvalue weighted by atomic mass is 9.92. The molecule has 4 amide bonds. The molecule has 2 aromatic carbocycles. The molecule has 1 N–H and O–H groups in total. The van der Waals surface area contributed by atoms with Gasteiger partial charge in [0.25, 0.3) is 5.91 Å². The van der Waals surface area contributed by atoms with Crippen molar-refractivity contribution in [3.05, 3.63) is 65.5 Å². The maximum atomic E-state index is 13.2. The van der Waals surface area contributed by atoms with E-state index in [0.29, 0.717) is 18.7 Å². The van der Waals surface area contributed by atoms with Gasteiger partial charge in [0.2, 0.25) is 5.91 Å². The summed E-state index contributed by atoms with van der Waals surface area (Å²) in [5.74, 6) is -0.261. The Labute approximate surface area is 179 Å². The van der Waals surface area contributed by atoms with Crippen LogP contribution < -0.4 is 10.1 Å². The van der Waals surface area contributed by atoms with E-state index < -0.39 is 23.3 Å². The Morgan fingerprint density at radius 2 is 1.84 bits per heavy atom. The third-order valence-corrected chi connectivity index (χ3v) is 6.12. The van der Waals surface area contributed by atoms with Gasteiger partial charge in [-0.05, 0) is 48.7 Å². The Hall–Kier alpha value is -3.42. The van der Waals surface area contributed by atoms with Crippen LogP contribution in [0.2, 0.25) is 0 Å². The summed E-state index contributed by atoms with van der Waals surface area (Å²) >= 11 is 0. The van der Waals surface area contributed by atoms with Gasteiger partial charge in [-0.3, -0.25) is 14.5 Å². The highest BCUT2D eigenvalue weighted by Crippen LogP contribution is 2.31. The lowest BCUT2D eigenvalue weighted by Gasteiger charge is -2.23. The number of ether oxygens (including phenoxy) is 1. The van der Waals surface area contributed by atoms with Crippen molar-refractivity contribution in [2.75, 3.05) is 26.7 Å². The molecule has 2 saturated heterocycles. The monoisotopic (exact) mass is 425 g/mol. The smallest absolute Gasteiger partial charge is 0.325 e. The summed E-state index contributed by atoms with van der Waals surface area (Å²) in [7, 11) is 1.61. The normalized spacial score (nSPS) is 23.3. The molecule has 8 heteroatoms. The zero-order valence-corrected chi connectivity index (χ0v) is 17.4. The number of hydrogen-bond acceptors (Lipinski definition) is 4. The standard InChI is InChI=1S/C23H24FN3O4/c1-23(17-5-7-18(24)8-6-17)21(29)27(22(30)25-23)14-20(28)26-12-11-16(13-26)15-3-9-19(31-2)10-4-15/h3-10,16H,11-14H2,1-2H3,(H,25,30). The van der Waals surface area contributed by atoms with Gasteiger partial charge in [0.1, 0.15) is 23.7 Å². The number of carbonyl (C=O) groups excluding carboxylic acids is 3. The van der Waals surface area contributed by atoms with Gasteiger partial charge in [-0.25, -0.2) is 9.18 Å². The number of hydrogen-bond donors (Lipinski definition) is 1. The van der Waals surface area contributed by atoms with Crippen LogP contribution in [-0.4, -0.2) is 54.4 Å². The van der Waals surface area contributed by atoms with E-state index in [9.17, 15) is 18.8 Å². The molecule has 4 rings (SSSR count). The molecule has 2 atom stereocenters. The molecule has 2 aromatic rings. The van der Waals surface area contributed by atoms with E-state index in [1.54, 1.807) is 18.9 Å². The van der Waals surface area contributed by atoms with Crippen molar-refractivity contribution in [3.63, 3.8) is 0 Å². The van der Waals surface area contributed by atoms with Crippen molar-refractivity contribution in [3.8, 4) is 5.75 Å². The second-order valence-electron chi connectivity index (χ2n) is 8.05. The minimum atomic E-state index is -1.33. The summed E-state index contributed by atoms with van der Waals surface area (Å²) in [5.41, 5.74) is 0.250. The number of nitrogens with zero attached hydrogens (tertiary/aromatic N) is 2. The van der Waals surface area contributed by atoms with Crippen LogP contribution in [0.1, 0.15) is 30.4 Å². The zero-order chi connectivity index (χ0) is 22.2. The number of rotatable bonds is 5. The molecule has 2 aliphatic heterocycles. The largest absolute Gasteiger partial charge is 0.497 e. The van der Waals surface area contributed by atoms with Crippen LogP contribution >= 0.6 is 0 Å². The fourth-order valence-electron chi connectivity index (χ4n) is 4.19. The van der Waals surface area contributed by atoms with Crippen LogP contribution in [0.4, 0.5) is 9.18 Å².